The van der Waals surface area contributed by atoms with E-state index in [1.807, 2.05) is 6.92 Å². The summed E-state index contributed by atoms with van der Waals surface area (Å²) in [6.45, 7) is 1.98. The van der Waals surface area contributed by atoms with Gasteiger partial charge in [0.2, 0.25) is 0 Å². The van der Waals surface area contributed by atoms with E-state index in [2.05, 4.69) is 4.99 Å². The maximum Gasteiger partial charge on any atom is 0.151 e. The van der Waals surface area contributed by atoms with Crippen molar-refractivity contribution in [2.45, 2.75) is 13.3 Å². The Kier molecular flexibility index (Phi) is 3.65. The molecule has 0 fully saturated rings. The van der Waals surface area contributed by atoms with Crippen LogP contribution in [0, 0.1) is 5.41 Å². The minimum Gasteiger partial charge on any atom is -0.282 e. The van der Waals surface area contributed by atoms with Crippen molar-refractivity contribution in [3.05, 3.63) is 34.9 Å². The Hall–Kier alpha value is -1.15. The lowest BCUT2D eigenvalue weighted by Crippen LogP contribution is -1.94. The Morgan fingerprint density at radius 2 is 2.08 bits per heavy atom. The molecular weight excluding hydrogens is 184 g/mol. The predicted molar refractivity (Wildman–Crippen MR) is 57.1 cm³/mol. The van der Waals surface area contributed by atoms with Crippen LogP contribution in [-0.2, 0) is 0 Å². The molecule has 0 bridgehead atoms. The van der Waals surface area contributed by atoms with Crippen LogP contribution in [0.25, 0.3) is 0 Å². The normalized spacial score (nSPS) is 10.6. The van der Waals surface area contributed by atoms with E-state index in [-0.39, 0.29) is 5.84 Å². The van der Waals surface area contributed by atoms with E-state index >= 15 is 0 Å². The van der Waals surface area contributed by atoms with E-state index in [0.717, 1.165) is 12.0 Å². The first-order valence-corrected chi connectivity index (χ1v) is 4.49. The Bertz CT molecular complexity index is 314. The SMILES string of the molecule is CCC=NC(=N)c1ccc(Cl)cc1. The molecule has 0 heterocycles. The first-order valence-electron chi connectivity index (χ1n) is 4.11. The molecule has 0 aliphatic rings. The van der Waals surface area contributed by atoms with Gasteiger partial charge in [0.15, 0.2) is 5.84 Å². The Labute approximate surface area is 82.8 Å². The number of hydrogen-bond acceptors (Lipinski definition) is 1. The maximum atomic E-state index is 7.56. The Morgan fingerprint density at radius 3 is 2.62 bits per heavy atom. The van der Waals surface area contributed by atoms with Gasteiger partial charge in [0.25, 0.3) is 0 Å². The van der Waals surface area contributed by atoms with Gasteiger partial charge in [-0.1, -0.05) is 18.5 Å². The summed E-state index contributed by atoms with van der Waals surface area (Å²) in [6, 6.07) is 7.09. The van der Waals surface area contributed by atoms with Crippen molar-refractivity contribution >= 4 is 23.7 Å². The van der Waals surface area contributed by atoms with Crippen LogP contribution in [0.1, 0.15) is 18.9 Å². The first-order chi connectivity index (χ1) is 6.24. The zero-order valence-corrected chi connectivity index (χ0v) is 8.17. The van der Waals surface area contributed by atoms with Gasteiger partial charge in [-0.05, 0) is 30.7 Å². The fourth-order valence-electron chi connectivity index (χ4n) is 0.865. The van der Waals surface area contributed by atoms with Gasteiger partial charge in [0.05, 0.1) is 0 Å². The molecule has 1 aromatic carbocycles. The van der Waals surface area contributed by atoms with Crippen molar-refractivity contribution in [1.29, 1.82) is 5.41 Å². The van der Waals surface area contributed by atoms with Crippen LogP contribution in [0.15, 0.2) is 29.3 Å². The van der Waals surface area contributed by atoms with Crippen LogP contribution in [0.2, 0.25) is 5.02 Å². The van der Waals surface area contributed by atoms with Crippen LogP contribution < -0.4 is 0 Å². The van der Waals surface area contributed by atoms with Crippen LogP contribution in [0.4, 0.5) is 0 Å². The molecule has 0 radical (unpaired) electrons. The number of hydrogen-bond donors (Lipinski definition) is 1. The zero-order valence-electron chi connectivity index (χ0n) is 7.42. The summed E-state index contributed by atoms with van der Waals surface area (Å²) < 4.78 is 0. The van der Waals surface area contributed by atoms with Gasteiger partial charge < -0.3 is 0 Å². The summed E-state index contributed by atoms with van der Waals surface area (Å²) in [5, 5.41) is 8.24. The van der Waals surface area contributed by atoms with Gasteiger partial charge in [-0.2, -0.15) is 0 Å². The Morgan fingerprint density at radius 1 is 1.46 bits per heavy atom. The van der Waals surface area contributed by atoms with Gasteiger partial charge in [0, 0.05) is 16.8 Å². The second kappa shape index (κ2) is 4.77. The quantitative estimate of drug-likeness (QED) is 0.555. The monoisotopic (exact) mass is 194 g/mol. The van der Waals surface area contributed by atoms with Gasteiger partial charge in [0.1, 0.15) is 0 Å². The van der Waals surface area contributed by atoms with Crippen molar-refractivity contribution in [2.75, 3.05) is 0 Å². The number of halogens is 1. The minimum atomic E-state index is 0.276. The van der Waals surface area contributed by atoms with Gasteiger partial charge >= 0.3 is 0 Å². The molecule has 13 heavy (non-hydrogen) atoms. The highest BCUT2D eigenvalue weighted by molar-refractivity contribution is 6.30. The third-order valence-electron chi connectivity index (χ3n) is 1.52. The number of benzene rings is 1. The van der Waals surface area contributed by atoms with Gasteiger partial charge in [-0.3, -0.25) is 5.41 Å². The fraction of sp³-hybridized carbons (Fsp3) is 0.200. The fourth-order valence-corrected chi connectivity index (χ4v) is 0.991. The number of rotatable bonds is 2. The van der Waals surface area contributed by atoms with E-state index in [1.54, 1.807) is 30.5 Å². The van der Waals surface area contributed by atoms with E-state index in [1.165, 1.54) is 0 Å². The van der Waals surface area contributed by atoms with Crippen molar-refractivity contribution in [3.63, 3.8) is 0 Å². The molecule has 1 aromatic rings. The number of nitrogens with one attached hydrogen (secondary N) is 1. The average Bonchev–Trinajstić information content (AvgIpc) is 2.15. The molecule has 0 aliphatic heterocycles. The summed E-state index contributed by atoms with van der Waals surface area (Å²) in [6.07, 6.45) is 2.56. The van der Waals surface area contributed by atoms with E-state index in [0.29, 0.717) is 5.02 Å². The summed E-state index contributed by atoms with van der Waals surface area (Å²) in [4.78, 5) is 3.96. The molecular formula is C10H11ClN2. The molecule has 0 amide bonds. The summed E-state index contributed by atoms with van der Waals surface area (Å²) in [5.74, 6) is 0.276. The van der Waals surface area contributed by atoms with Crippen LogP contribution in [0.5, 0.6) is 0 Å². The molecule has 68 valence electrons. The first kappa shape index (κ1) is 9.93. The molecule has 0 atom stereocenters. The van der Waals surface area contributed by atoms with Crippen molar-refractivity contribution in [1.82, 2.24) is 0 Å². The second-order valence-corrected chi connectivity index (χ2v) is 3.01. The lowest BCUT2D eigenvalue weighted by Gasteiger charge is -1.97. The lowest BCUT2D eigenvalue weighted by atomic mass is 10.2. The number of aliphatic imine (C=N–C) groups is 1. The molecule has 3 heteroatoms. The molecule has 0 saturated heterocycles. The zero-order chi connectivity index (χ0) is 9.68. The highest BCUT2D eigenvalue weighted by atomic mass is 35.5. The van der Waals surface area contributed by atoms with Crippen LogP contribution >= 0.6 is 11.6 Å². The van der Waals surface area contributed by atoms with Gasteiger partial charge in [-0.25, -0.2) is 4.99 Å². The lowest BCUT2D eigenvalue weighted by molar-refractivity contribution is 1.31. The van der Waals surface area contributed by atoms with Crippen molar-refractivity contribution < 1.29 is 0 Å². The molecule has 0 unspecified atom stereocenters. The topological polar surface area (TPSA) is 36.2 Å². The smallest absolute Gasteiger partial charge is 0.151 e. The molecule has 0 aliphatic carbocycles. The van der Waals surface area contributed by atoms with Gasteiger partial charge in [-0.15, -0.1) is 0 Å². The van der Waals surface area contributed by atoms with E-state index in [9.17, 15) is 0 Å². The summed E-state index contributed by atoms with van der Waals surface area (Å²) >= 11 is 5.71. The van der Waals surface area contributed by atoms with E-state index < -0.39 is 0 Å². The van der Waals surface area contributed by atoms with Crippen molar-refractivity contribution in [2.24, 2.45) is 4.99 Å². The average molecular weight is 195 g/mol. The molecule has 1 rings (SSSR count). The Balaban J connectivity index is 2.78. The summed E-state index contributed by atoms with van der Waals surface area (Å²) in [5.41, 5.74) is 0.786. The predicted octanol–water partition coefficient (Wildman–Crippen LogP) is 3.15. The number of amidine groups is 1. The van der Waals surface area contributed by atoms with Crippen molar-refractivity contribution in [3.8, 4) is 0 Å². The third kappa shape index (κ3) is 2.99. The standard InChI is InChI=1S/C10H11ClN2/c1-2-7-13-10(12)8-3-5-9(11)6-4-8/h3-7,12H,2H2,1H3. The highest BCUT2D eigenvalue weighted by Crippen LogP contribution is 2.09. The largest absolute Gasteiger partial charge is 0.282 e. The van der Waals surface area contributed by atoms with E-state index in [4.69, 9.17) is 17.0 Å². The maximum absolute atomic E-state index is 7.56. The molecule has 0 spiro atoms. The molecule has 2 nitrogen and oxygen atoms in total. The number of nitrogens with zero attached hydrogens (tertiary/aromatic N) is 1. The summed E-state index contributed by atoms with van der Waals surface area (Å²) in [7, 11) is 0. The third-order valence-corrected chi connectivity index (χ3v) is 1.77. The highest BCUT2D eigenvalue weighted by Gasteiger charge is 1.96. The minimum absolute atomic E-state index is 0.276. The van der Waals surface area contributed by atoms with Crippen LogP contribution in [0.3, 0.4) is 0 Å². The molecule has 0 saturated carbocycles. The van der Waals surface area contributed by atoms with Crippen LogP contribution in [-0.4, -0.2) is 12.1 Å². The molecule has 0 aromatic heterocycles. The second-order valence-electron chi connectivity index (χ2n) is 2.58. The molecule has 1 N–H and O–H groups in total.